The summed E-state index contributed by atoms with van der Waals surface area (Å²) in [4.78, 5) is 25.1. The number of piperidine rings is 1. The summed E-state index contributed by atoms with van der Waals surface area (Å²) in [5, 5.41) is 13.1. The average Bonchev–Trinajstić information content (AvgIpc) is 3.48. The Labute approximate surface area is 202 Å². The second-order valence-corrected chi connectivity index (χ2v) is 9.77. The van der Waals surface area contributed by atoms with E-state index in [1.165, 1.54) is 41.3 Å². The van der Waals surface area contributed by atoms with Crippen LogP contribution in [0.3, 0.4) is 0 Å². The molecule has 1 saturated heterocycles. The van der Waals surface area contributed by atoms with Crippen molar-refractivity contribution in [2.75, 3.05) is 18.4 Å². The van der Waals surface area contributed by atoms with Crippen LogP contribution < -0.4 is 10.6 Å². The summed E-state index contributed by atoms with van der Waals surface area (Å²) >= 11 is 8.55. The summed E-state index contributed by atoms with van der Waals surface area (Å²) in [6.45, 7) is 2.59. The van der Waals surface area contributed by atoms with E-state index in [0.29, 0.717) is 21.2 Å². The fraction of sp³-hybridized carbons (Fsp3) is 0.286. The van der Waals surface area contributed by atoms with Crippen LogP contribution in [-0.2, 0) is 6.54 Å². The van der Waals surface area contributed by atoms with E-state index in [4.69, 9.17) is 11.6 Å². The van der Waals surface area contributed by atoms with Crippen LogP contribution in [0, 0.1) is 5.82 Å². The van der Waals surface area contributed by atoms with E-state index in [-0.39, 0.29) is 17.0 Å². The van der Waals surface area contributed by atoms with E-state index < -0.39 is 5.82 Å². The van der Waals surface area contributed by atoms with Gasteiger partial charge in [-0.15, -0.1) is 16.4 Å². The molecular formula is C21H19ClFN7OS2. The number of benzene rings is 1. The molecule has 4 heterocycles. The van der Waals surface area contributed by atoms with Crippen LogP contribution in [0.1, 0.15) is 28.2 Å². The number of nitrogens with one attached hydrogen (secondary N) is 2. The van der Waals surface area contributed by atoms with Crippen LogP contribution in [0.5, 0.6) is 0 Å². The first-order valence-electron chi connectivity index (χ1n) is 10.3. The van der Waals surface area contributed by atoms with Crippen molar-refractivity contribution in [1.29, 1.82) is 0 Å². The number of aromatic nitrogens is 4. The number of carbonyl (C=O) groups is 1. The van der Waals surface area contributed by atoms with E-state index in [1.54, 1.807) is 12.1 Å². The lowest BCUT2D eigenvalue weighted by Gasteiger charge is -2.31. The molecule has 8 nitrogen and oxygen atoms in total. The number of anilines is 2. The molecule has 1 fully saturated rings. The summed E-state index contributed by atoms with van der Waals surface area (Å²) in [5.74, 6) is -0.0748. The molecule has 0 aliphatic carbocycles. The van der Waals surface area contributed by atoms with Gasteiger partial charge in [0, 0.05) is 36.7 Å². The third kappa shape index (κ3) is 5.11. The molecule has 0 bridgehead atoms. The molecule has 3 aromatic heterocycles. The second kappa shape index (κ2) is 9.64. The van der Waals surface area contributed by atoms with Crippen molar-refractivity contribution < 1.29 is 9.18 Å². The highest BCUT2D eigenvalue weighted by Crippen LogP contribution is 2.31. The lowest BCUT2D eigenvalue weighted by atomic mass is 10.0. The minimum Gasteiger partial charge on any atom is -0.349 e. The summed E-state index contributed by atoms with van der Waals surface area (Å²) in [5.41, 5.74) is 1.58. The Balaban J connectivity index is 1.24. The highest BCUT2D eigenvalue weighted by atomic mass is 35.5. The number of likely N-dealkylation sites (tertiary alicyclic amines) is 1. The van der Waals surface area contributed by atoms with Crippen molar-refractivity contribution in [3.8, 4) is 0 Å². The van der Waals surface area contributed by atoms with E-state index in [0.717, 1.165) is 43.6 Å². The first kappa shape index (κ1) is 22.1. The molecule has 5 rings (SSSR count). The first-order chi connectivity index (χ1) is 16.0. The van der Waals surface area contributed by atoms with Crippen molar-refractivity contribution in [3.63, 3.8) is 0 Å². The van der Waals surface area contributed by atoms with E-state index in [9.17, 15) is 9.18 Å². The molecule has 1 aliphatic rings. The predicted octanol–water partition coefficient (Wildman–Crippen LogP) is 4.47. The quantitative estimate of drug-likeness (QED) is 0.400. The van der Waals surface area contributed by atoms with Crippen molar-refractivity contribution in [1.82, 2.24) is 29.8 Å². The van der Waals surface area contributed by atoms with E-state index in [2.05, 4.69) is 35.1 Å². The number of amides is 1. The van der Waals surface area contributed by atoms with Crippen LogP contribution in [0.25, 0.3) is 10.2 Å². The Bertz CT molecular complexity index is 1280. The molecule has 0 atom stereocenters. The van der Waals surface area contributed by atoms with Gasteiger partial charge in [-0.25, -0.2) is 14.4 Å². The molecular weight excluding hydrogens is 485 g/mol. The van der Waals surface area contributed by atoms with Gasteiger partial charge in [0.05, 0.1) is 21.0 Å². The van der Waals surface area contributed by atoms with Crippen molar-refractivity contribution in [3.05, 3.63) is 57.4 Å². The van der Waals surface area contributed by atoms with Gasteiger partial charge < -0.3 is 10.6 Å². The van der Waals surface area contributed by atoms with Crippen molar-refractivity contribution >= 4 is 62.1 Å². The van der Waals surface area contributed by atoms with Crippen LogP contribution in [-0.4, -0.2) is 49.5 Å². The Morgan fingerprint density at radius 3 is 2.85 bits per heavy atom. The smallest absolute Gasteiger partial charge is 0.261 e. The minimum atomic E-state index is -0.490. The maximum absolute atomic E-state index is 13.4. The van der Waals surface area contributed by atoms with Gasteiger partial charge in [-0.05, 0) is 48.6 Å². The topological polar surface area (TPSA) is 95.9 Å². The summed E-state index contributed by atoms with van der Waals surface area (Å²) in [7, 11) is 0. The molecule has 0 saturated carbocycles. The van der Waals surface area contributed by atoms with Gasteiger partial charge >= 0.3 is 0 Å². The van der Waals surface area contributed by atoms with Gasteiger partial charge in [-0.1, -0.05) is 16.1 Å². The van der Waals surface area contributed by atoms with Crippen LogP contribution in [0.4, 0.5) is 15.9 Å². The third-order valence-electron chi connectivity index (χ3n) is 5.45. The molecule has 1 aromatic carbocycles. The Kier molecular flexibility index (Phi) is 6.45. The average molecular weight is 504 g/mol. The van der Waals surface area contributed by atoms with Gasteiger partial charge in [0.15, 0.2) is 0 Å². The molecule has 0 unspecified atom stereocenters. The molecule has 4 aromatic rings. The molecule has 2 N–H and O–H groups in total. The zero-order chi connectivity index (χ0) is 22.8. The SMILES string of the molecule is O=C(NC1CCN(Cc2csnn2)CC1)c1cc2c(Nc3ccc(F)c(Cl)c3)ncnc2s1. The zero-order valence-electron chi connectivity index (χ0n) is 17.3. The molecule has 0 spiro atoms. The van der Waals surface area contributed by atoms with Gasteiger partial charge in [0.25, 0.3) is 5.91 Å². The maximum atomic E-state index is 13.4. The minimum absolute atomic E-state index is 0.0185. The monoisotopic (exact) mass is 503 g/mol. The zero-order valence-corrected chi connectivity index (χ0v) is 19.7. The third-order valence-corrected chi connectivity index (χ3v) is 7.33. The number of thiophene rings is 1. The molecule has 1 amide bonds. The van der Waals surface area contributed by atoms with Gasteiger partial charge in [-0.2, -0.15) is 0 Å². The fourth-order valence-electron chi connectivity index (χ4n) is 3.75. The second-order valence-electron chi connectivity index (χ2n) is 7.73. The lowest BCUT2D eigenvalue weighted by molar-refractivity contribution is 0.0912. The Morgan fingerprint density at radius 1 is 1.24 bits per heavy atom. The molecule has 33 heavy (non-hydrogen) atoms. The van der Waals surface area contributed by atoms with E-state index >= 15 is 0 Å². The van der Waals surface area contributed by atoms with Crippen LogP contribution >= 0.6 is 34.5 Å². The number of rotatable bonds is 6. The van der Waals surface area contributed by atoms with E-state index in [1.807, 2.05) is 5.38 Å². The summed E-state index contributed by atoms with van der Waals surface area (Å²) in [6, 6.07) is 6.26. The highest BCUT2D eigenvalue weighted by Gasteiger charge is 2.23. The fourth-order valence-corrected chi connectivity index (χ4v) is 5.28. The number of hydrogen-bond donors (Lipinski definition) is 2. The van der Waals surface area contributed by atoms with Crippen LogP contribution in [0.15, 0.2) is 36.0 Å². The van der Waals surface area contributed by atoms with Crippen molar-refractivity contribution in [2.45, 2.75) is 25.4 Å². The Hall–Kier alpha value is -2.73. The normalized spacial score (nSPS) is 15.1. The predicted molar refractivity (Wildman–Crippen MR) is 128 cm³/mol. The number of halogens is 2. The molecule has 0 radical (unpaired) electrons. The van der Waals surface area contributed by atoms with Gasteiger partial charge in [-0.3, -0.25) is 9.69 Å². The number of nitrogens with zero attached hydrogens (tertiary/aromatic N) is 5. The first-order valence-corrected chi connectivity index (χ1v) is 12.3. The van der Waals surface area contributed by atoms with Crippen molar-refractivity contribution in [2.24, 2.45) is 0 Å². The summed E-state index contributed by atoms with van der Waals surface area (Å²) < 4.78 is 17.3. The lowest BCUT2D eigenvalue weighted by Crippen LogP contribution is -2.44. The van der Waals surface area contributed by atoms with Gasteiger partial charge in [0.2, 0.25) is 0 Å². The number of fused-ring (bicyclic) bond motifs is 1. The standard InChI is InChI=1S/C21H19ClFN7OS2/c22-16-7-13(1-2-17(16)23)26-19-15-8-18(33-21(15)25-11-24-19)20(31)27-12-3-5-30(6-4-12)9-14-10-32-29-28-14/h1-2,7-8,10-12H,3-6,9H2,(H,27,31)(H,24,25,26). The number of hydrogen-bond acceptors (Lipinski definition) is 9. The Morgan fingerprint density at radius 2 is 2.09 bits per heavy atom. The molecule has 170 valence electrons. The number of carbonyl (C=O) groups excluding carboxylic acids is 1. The summed E-state index contributed by atoms with van der Waals surface area (Å²) in [6.07, 6.45) is 3.19. The largest absolute Gasteiger partial charge is 0.349 e. The maximum Gasteiger partial charge on any atom is 0.261 e. The van der Waals surface area contributed by atoms with Gasteiger partial charge in [0.1, 0.15) is 22.8 Å². The molecule has 1 aliphatic heterocycles. The molecule has 12 heteroatoms. The van der Waals surface area contributed by atoms with Crippen LogP contribution in [0.2, 0.25) is 5.02 Å². The highest BCUT2D eigenvalue weighted by molar-refractivity contribution is 7.20.